The predicted octanol–water partition coefficient (Wildman–Crippen LogP) is 0.363. The number of hydrogen-bond acceptors (Lipinski definition) is 4. The number of hydrogen-bond donors (Lipinski definition) is 2. The molecule has 90 valence electrons. The Morgan fingerprint density at radius 3 is 2.71 bits per heavy atom. The van der Waals surface area contributed by atoms with Crippen molar-refractivity contribution in [3.05, 3.63) is 36.5 Å². The quantitative estimate of drug-likeness (QED) is 0.825. The molecule has 17 heavy (non-hydrogen) atoms. The number of nitrogen functional groups attached to an aromatic ring is 1. The lowest BCUT2D eigenvalue weighted by Crippen LogP contribution is -2.18. The molecule has 1 aromatic carbocycles. The normalized spacial score (nSPS) is 11.6. The van der Waals surface area contributed by atoms with E-state index in [1.807, 2.05) is 0 Å². The summed E-state index contributed by atoms with van der Waals surface area (Å²) in [4.78, 5) is 0.187. The molecular weight excluding hydrogens is 240 g/mol. The third kappa shape index (κ3) is 2.29. The molecule has 6 nitrogen and oxygen atoms in total. The average molecular weight is 252 g/mol. The monoisotopic (exact) mass is 252 g/mol. The molecule has 0 saturated carbocycles. The van der Waals surface area contributed by atoms with Crippen LogP contribution in [0.15, 0.2) is 41.4 Å². The van der Waals surface area contributed by atoms with E-state index in [0.29, 0.717) is 11.5 Å². The van der Waals surface area contributed by atoms with Crippen molar-refractivity contribution < 1.29 is 8.42 Å². The van der Waals surface area contributed by atoms with Crippen LogP contribution in [0.1, 0.15) is 0 Å². The fraction of sp³-hybridized carbons (Fsp3) is 0.100. The Labute approximate surface area is 99.1 Å². The molecule has 0 amide bonds. The highest BCUT2D eigenvalue weighted by Crippen LogP contribution is 2.14. The minimum atomic E-state index is -3.44. The van der Waals surface area contributed by atoms with Crippen molar-refractivity contribution in [1.82, 2.24) is 14.5 Å². The molecule has 0 radical (unpaired) electrons. The second-order valence-electron chi connectivity index (χ2n) is 3.39. The van der Waals surface area contributed by atoms with Gasteiger partial charge in [0.15, 0.2) is 0 Å². The maximum atomic E-state index is 11.6. The van der Waals surface area contributed by atoms with E-state index >= 15 is 0 Å². The lowest BCUT2D eigenvalue weighted by atomic mass is 10.3. The number of benzene rings is 1. The van der Waals surface area contributed by atoms with Crippen LogP contribution in [0.25, 0.3) is 5.69 Å². The van der Waals surface area contributed by atoms with Gasteiger partial charge in [-0.3, -0.25) is 0 Å². The molecule has 2 aromatic rings. The Morgan fingerprint density at radius 2 is 2.12 bits per heavy atom. The molecule has 2 rings (SSSR count). The summed E-state index contributed by atoms with van der Waals surface area (Å²) in [7, 11) is -2.08. The lowest BCUT2D eigenvalue weighted by Gasteiger charge is -2.05. The van der Waals surface area contributed by atoms with Gasteiger partial charge in [-0.15, -0.1) is 0 Å². The Morgan fingerprint density at radius 1 is 1.35 bits per heavy atom. The molecule has 7 heteroatoms. The number of aromatic nitrogens is 2. The third-order valence-corrected chi connectivity index (χ3v) is 3.68. The first kappa shape index (κ1) is 11.6. The standard InChI is InChI=1S/C10H12N4O2S/c1-12-17(15,16)9-4-2-3-8(7-9)14-6-5-10(11)13-14/h2-7,12H,1H3,(H2,11,13). The van der Waals surface area contributed by atoms with Gasteiger partial charge in [-0.25, -0.2) is 17.8 Å². The summed E-state index contributed by atoms with van der Waals surface area (Å²) in [6.07, 6.45) is 1.67. The molecule has 0 spiro atoms. The molecular formula is C10H12N4O2S. The summed E-state index contributed by atoms with van der Waals surface area (Å²) in [5, 5.41) is 4.01. The van der Waals surface area contributed by atoms with Crippen molar-refractivity contribution in [2.45, 2.75) is 4.90 Å². The van der Waals surface area contributed by atoms with Crippen LogP contribution in [-0.4, -0.2) is 25.2 Å². The first-order chi connectivity index (χ1) is 8.03. The Bertz CT molecular complexity index is 633. The second-order valence-corrected chi connectivity index (χ2v) is 5.28. The highest BCUT2D eigenvalue weighted by atomic mass is 32.2. The van der Waals surface area contributed by atoms with Crippen molar-refractivity contribution >= 4 is 15.8 Å². The van der Waals surface area contributed by atoms with E-state index in [1.165, 1.54) is 23.9 Å². The predicted molar refractivity (Wildman–Crippen MR) is 64.2 cm³/mol. The third-order valence-electron chi connectivity index (χ3n) is 2.27. The summed E-state index contributed by atoms with van der Waals surface area (Å²) in [5.74, 6) is 0.381. The van der Waals surface area contributed by atoms with E-state index in [9.17, 15) is 8.42 Å². The zero-order valence-electron chi connectivity index (χ0n) is 9.16. The molecule has 0 aliphatic carbocycles. The summed E-state index contributed by atoms with van der Waals surface area (Å²) in [5.41, 5.74) is 6.14. The van der Waals surface area contributed by atoms with Gasteiger partial charge in [0.1, 0.15) is 5.82 Å². The van der Waals surface area contributed by atoms with Crippen LogP contribution in [0.5, 0.6) is 0 Å². The van der Waals surface area contributed by atoms with Gasteiger partial charge in [-0.1, -0.05) is 6.07 Å². The molecule has 3 N–H and O–H groups in total. The Balaban J connectivity index is 2.49. The topological polar surface area (TPSA) is 90.0 Å². The second kappa shape index (κ2) is 4.19. The van der Waals surface area contributed by atoms with Gasteiger partial charge in [0.05, 0.1) is 10.6 Å². The number of rotatable bonds is 3. The highest BCUT2D eigenvalue weighted by Gasteiger charge is 2.11. The van der Waals surface area contributed by atoms with Crippen LogP contribution in [0, 0.1) is 0 Å². The number of nitrogens with zero attached hydrogens (tertiary/aromatic N) is 2. The molecule has 0 aliphatic heterocycles. The Hall–Kier alpha value is -1.86. The van der Waals surface area contributed by atoms with Crippen LogP contribution in [0.3, 0.4) is 0 Å². The molecule has 0 saturated heterocycles. The van der Waals surface area contributed by atoms with Crippen molar-refractivity contribution in [2.75, 3.05) is 12.8 Å². The zero-order valence-corrected chi connectivity index (χ0v) is 9.98. The lowest BCUT2D eigenvalue weighted by molar-refractivity contribution is 0.588. The first-order valence-corrected chi connectivity index (χ1v) is 6.36. The van der Waals surface area contributed by atoms with Crippen LogP contribution >= 0.6 is 0 Å². The summed E-state index contributed by atoms with van der Waals surface area (Å²) in [6.45, 7) is 0. The molecule has 0 bridgehead atoms. The molecule has 0 fully saturated rings. The number of sulfonamides is 1. The SMILES string of the molecule is CNS(=O)(=O)c1cccc(-n2ccc(N)n2)c1. The van der Waals surface area contributed by atoms with Crippen LogP contribution in [0.4, 0.5) is 5.82 Å². The molecule has 0 unspecified atom stereocenters. The van der Waals surface area contributed by atoms with Gasteiger partial charge in [-0.2, -0.15) is 5.10 Å². The van der Waals surface area contributed by atoms with Gasteiger partial charge in [-0.05, 0) is 25.2 Å². The van der Waals surface area contributed by atoms with Gasteiger partial charge >= 0.3 is 0 Å². The van der Waals surface area contributed by atoms with Crippen molar-refractivity contribution in [3.63, 3.8) is 0 Å². The van der Waals surface area contributed by atoms with Gasteiger partial charge in [0.25, 0.3) is 0 Å². The molecule has 1 aromatic heterocycles. The number of anilines is 1. The summed E-state index contributed by atoms with van der Waals surface area (Å²) in [6, 6.07) is 8.08. The van der Waals surface area contributed by atoms with Crippen molar-refractivity contribution in [3.8, 4) is 5.69 Å². The fourth-order valence-electron chi connectivity index (χ4n) is 1.39. The van der Waals surface area contributed by atoms with Gasteiger partial charge in [0.2, 0.25) is 10.0 Å². The summed E-state index contributed by atoms with van der Waals surface area (Å²) < 4.78 is 27.0. The summed E-state index contributed by atoms with van der Waals surface area (Å²) >= 11 is 0. The molecule has 1 heterocycles. The maximum absolute atomic E-state index is 11.6. The number of nitrogens with one attached hydrogen (secondary N) is 1. The molecule has 0 atom stereocenters. The number of nitrogens with two attached hydrogens (primary N) is 1. The minimum absolute atomic E-state index is 0.187. The smallest absolute Gasteiger partial charge is 0.240 e. The average Bonchev–Trinajstić information content (AvgIpc) is 2.76. The fourth-order valence-corrected chi connectivity index (χ4v) is 2.16. The van der Waals surface area contributed by atoms with E-state index in [2.05, 4.69) is 9.82 Å². The van der Waals surface area contributed by atoms with E-state index < -0.39 is 10.0 Å². The van der Waals surface area contributed by atoms with Crippen LogP contribution < -0.4 is 10.5 Å². The Kier molecular flexibility index (Phi) is 2.86. The largest absolute Gasteiger partial charge is 0.382 e. The van der Waals surface area contributed by atoms with Gasteiger partial charge in [0, 0.05) is 12.3 Å². The zero-order chi connectivity index (χ0) is 12.5. The molecule has 0 aliphatic rings. The van der Waals surface area contributed by atoms with Crippen molar-refractivity contribution in [1.29, 1.82) is 0 Å². The van der Waals surface area contributed by atoms with E-state index in [0.717, 1.165) is 0 Å². The van der Waals surface area contributed by atoms with E-state index in [1.54, 1.807) is 24.4 Å². The minimum Gasteiger partial charge on any atom is -0.382 e. The van der Waals surface area contributed by atoms with E-state index in [4.69, 9.17) is 5.73 Å². The van der Waals surface area contributed by atoms with Crippen LogP contribution in [0.2, 0.25) is 0 Å². The van der Waals surface area contributed by atoms with Crippen LogP contribution in [-0.2, 0) is 10.0 Å². The van der Waals surface area contributed by atoms with Gasteiger partial charge < -0.3 is 5.73 Å². The highest BCUT2D eigenvalue weighted by molar-refractivity contribution is 7.89. The maximum Gasteiger partial charge on any atom is 0.240 e. The first-order valence-electron chi connectivity index (χ1n) is 4.88. The van der Waals surface area contributed by atoms with Crippen molar-refractivity contribution in [2.24, 2.45) is 0 Å². The van der Waals surface area contributed by atoms with E-state index in [-0.39, 0.29) is 4.90 Å².